The molecule has 2 unspecified atom stereocenters. The van der Waals surface area contributed by atoms with Crippen LogP contribution in [0.3, 0.4) is 0 Å². The van der Waals surface area contributed by atoms with Crippen molar-refractivity contribution >= 4 is 17.2 Å². The van der Waals surface area contributed by atoms with E-state index in [1.165, 1.54) is 0 Å². The van der Waals surface area contributed by atoms with Crippen molar-refractivity contribution in [3.05, 3.63) is 35.6 Å². The molecule has 2 aromatic rings. The first-order valence-corrected chi connectivity index (χ1v) is 8.39. The molecule has 1 aliphatic rings. The molecule has 0 radical (unpaired) electrons. The van der Waals surface area contributed by atoms with E-state index in [9.17, 15) is 4.79 Å². The SMILES string of the molecule is CC1CC(CN)CN1C(=O)Cc1csc(-c2cccnc2)n1. The predicted octanol–water partition coefficient (Wildman–Crippen LogP) is 1.94. The Morgan fingerprint density at radius 1 is 1.55 bits per heavy atom. The highest BCUT2D eigenvalue weighted by Gasteiger charge is 2.31. The number of nitrogens with zero attached hydrogens (tertiary/aromatic N) is 3. The van der Waals surface area contributed by atoms with Crippen LogP contribution in [0.1, 0.15) is 19.0 Å². The smallest absolute Gasteiger partial charge is 0.228 e. The zero-order chi connectivity index (χ0) is 15.5. The molecule has 2 N–H and O–H groups in total. The summed E-state index contributed by atoms with van der Waals surface area (Å²) in [5.74, 6) is 0.576. The molecule has 1 fully saturated rings. The molecule has 0 saturated carbocycles. The Kier molecular flexibility index (Phi) is 4.49. The summed E-state index contributed by atoms with van der Waals surface area (Å²) in [5.41, 5.74) is 7.54. The van der Waals surface area contributed by atoms with Crippen LogP contribution in [0.25, 0.3) is 10.6 Å². The molecule has 0 spiro atoms. The molecule has 0 bridgehead atoms. The van der Waals surface area contributed by atoms with Crippen LogP contribution >= 0.6 is 11.3 Å². The number of carbonyl (C=O) groups excluding carboxylic acids is 1. The lowest BCUT2D eigenvalue weighted by atomic mass is 10.1. The van der Waals surface area contributed by atoms with Gasteiger partial charge >= 0.3 is 0 Å². The summed E-state index contributed by atoms with van der Waals surface area (Å²) in [6.07, 6.45) is 4.89. The van der Waals surface area contributed by atoms with Crippen molar-refractivity contribution in [2.24, 2.45) is 11.7 Å². The third-order valence-corrected chi connectivity index (χ3v) is 5.05. The summed E-state index contributed by atoms with van der Waals surface area (Å²) in [6.45, 7) is 3.52. The van der Waals surface area contributed by atoms with Gasteiger partial charge in [-0.1, -0.05) is 0 Å². The van der Waals surface area contributed by atoms with Crippen molar-refractivity contribution in [1.29, 1.82) is 0 Å². The van der Waals surface area contributed by atoms with E-state index in [0.29, 0.717) is 18.9 Å². The van der Waals surface area contributed by atoms with Crippen LogP contribution in [0, 0.1) is 5.92 Å². The van der Waals surface area contributed by atoms with Crippen LogP contribution in [0.2, 0.25) is 0 Å². The minimum Gasteiger partial charge on any atom is -0.339 e. The van der Waals surface area contributed by atoms with E-state index in [4.69, 9.17) is 5.73 Å². The maximum Gasteiger partial charge on any atom is 0.228 e. The van der Waals surface area contributed by atoms with Gasteiger partial charge in [-0.05, 0) is 37.9 Å². The molecular weight excluding hydrogens is 296 g/mol. The van der Waals surface area contributed by atoms with Crippen molar-refractivity contribution < 1.29 is 4.79 Å². The van der Waals surface area contributed by atoms with Gasteiger partial charge < -0.3 is 10.6 Å². The van der Waals surface area contributed by atoms with Gasteiger partial charge in [-0.2, -0.15) is 0 Å². The Morgan fingerprint density at radius 2 is 2.41 bits per heavy atom. The van der Waals surface area contributed by atoms with E-state index >= 15 is 0 Å². The predicted molar refractivity (Wildman–Crippen MR) is 87.4 cm³/mol. The molecule has 6 heteroatoms. The van der Waals surface area contributed by atoms with Gasteiger partial charge in [0.05, 0.1) is 12.1 Å². The highest BCUT2D eigenvalue weighted by Crippen LogP contribution is 2.25. The second-order valence-electron chi connectivity index (χ2n) is 5.80. The van der Waals surface area contributed by atoms with Gasteiger partial charge in [-0.3, -0.25) is 9.78 Å². The second-order valence-corrected chi connectivity index (χ2v) is 6.65. The average molecular weight is 316 g/mol. The summed E-state index contributed by atoms with van der Waals surface area (Å²) in [5, 5.41) is 2.87. The molecule has 3 rings (SSSR count). The number of pyridine rings is 1. The van der Waals surface area contributed by atoms with Gasteiger partial charge in [0, 0.05) is 35.9 Å². The summed E-state index contributed by atoms with van der Waals surface area (Å²) in [7, 11) is 0. The summed E-state index contributed by atoms with van der Waals surface area (Å²) in [6, 6.07) is 4.14. The first kappa shape index (κ1) is 15.1. The van der Waals surface area contributed by atoms with Crippen molar-refractivity contribution in [2.75, 3.05) is 13.1 Å². The lowest BCUT2D eigenvalue weighted by Gasteiger charge is -2.21. The first-order chi connectivity index (χ1) is 10.7. The number of carbonyl (C=O) groups is 1. The number of rotatable bonds is 4. The Labute approximate surface area is 134 Å². The fourth-order valence-corrected chi connectivity index (χ4v) is 3.74. The quantitative estimate of drug-likeness (QED) is 0.935. The first-order valence-electron chi connectivity index (χ1n) is 7.51. The van der Waals surface area contributed by atoms with Crippen molar-refractivity contribution in [2.45, 2.75) is 25.8 Å². The van der Waals surface area contributed by atoms with E-state index in [1.54, 1.807) is 23.7 Å². The van der Waals surface area contributed by atoms with Crippen LogP contribution in [-0.4, -0.2) is 39.9 Å². The van der Waals surface area contributed by atoms with Gasteiger partial charge in [0.15, 0.2) is 0 Å². The minimum absolute atomic E-state index is 0.145. The minimum atomic E-state index is 0.145. The summed E-state index contributed by atoms with van der Waals surface area (Å²) >= 11 is 1.55. The number of nitrogens with two attached hydrogens (primary N) is 1. The number of thiazole rings is 1. The maximum atomic E-state index is 12.5. The standard InChI is InChI=1S/C16H20N4OS/c1-11-5-12(7-17)9-20(11)15(21)6-14-10-22-16(19-14)13-3-2-4-18-8-13/h2-4,8,10-12H,5-7,9,17H2,1H3. The number of amides is 1. The maximum absolute atomic E-state index is 12.5. The summed E-state index contributed by atoms with van der Waals surface area (Å²) < 4.78 is 0. The normalized spacial score (nSPS) is 21.3. The molecule has 1 saturated heterocycles. The van der Waals surface area contributed by atoms with Crippen LogP contribution in [-0.2, 0) is 11.2 Å². The Balaban J connectivity index is 1.67. The molecule has 116 valence electrons. The lowest BCUT2D eigenvalue weighted by Crippen LogP contribution is -2.35. The number of aromatic nitrogens is 2. The van der Waals surface area contributed by atoms with Crippen LogP contribution in [0.15, 0.2) is 29.9 Å². The highest BCUT2D eigenvalue weighted by molar-refractivity contribution is 7.13. The van der Waals surface area contributed by atoms with Gasteiger partial charge in [0.2, 0.25) is 5.91 Å². The molecule has 0 aromatic carbocycles. The van der Waals surface area contributed by atoms with E-state index in [2.05, 4.69) is 16.9 Å². The molecule has 22 heavy (non-hydrogen) atoms. The average Bonchev–Trinajstić information content (AvgIpc) is 3.14. The zero-order valence-corrected chi connectivity index (χ0v) is 13.4. The molecule has 2 atom stereocenters. The lowest BCUT2D eigenvalue weighted by molar-refractivity contribution is -0.131. The Hall–Kier alpha value is -1.79. The van der Waals surface area contributed by atoms with Gasteiger partial charge in [-0.25, -0.2) is 4.98 Å². The van der Waals surface area contributed by atoms with Gasteiger partial charge in [0.25, 0.3) is 0 Å². The third-order valence-electron chi connectivity index (χ3n) is 4.11. The fraction of sp³-hybridized carbons (Fsp3) is 0.438. The molecular formula is C16H20N4OS. The van der Waals surface area contributed by atoms with Crippen molar-refractivity contribution in [1.82, 2.24) is 14.9 Å². The van der Waals surface area contributed by atoms with Crippen molar-refractivity contribution in [3.63, 3.8) is 0 Å². The fourth-order valence-electron chi connectivity index (χ4n) is 2.93. The van der Waals surface area contributed by atoms with Crippen LogP contribution in [0.5, 0.6) is 0 Å². The monoisotopic (exact) mass is 316 g/mol. The van der Waals surface area contributed by atoms with E-state index in [1.807, 2.05) is 22.4 Å². The molecule has 1 aliphatic heterocycles. The van der Waals surface area contributed by atoms with Crippen LogP contribution < -0.4 is 5.73 Å². The zero-order valence-electron chi connectivity index (χ0n) is 12.6. The molecule has 0 aliphatic carbocycles. The largest absolute Gasteiger partial charge is 0.339 e. The number of hydrogen-bond acceptors (Lipinski definition) is 5. The van der Waals surface area contributed by atoms with Gasteiger partial charge in [-0.15, -0.1) is 11.3 Å². The highest BCUT2D eigenvalue weighted by atomic mass is 32.1. The van der Waals surface area contributed by atoms with Gasteiger partial charge in [0.1, 0.15) is 5.01 Å². The van der Waals surface area contributed by atoms with E-state index < -0.39 is 0 Å². The summed E-state index contributed by atoms with van der Waals surface area (Å²) in [4.78, 5) is 23.1. The topological polar surface area (TPSA) is 72.1 Å². The third kappa shape index (κ3) is 3.18. The molecule has 5 nitrogen and oxygen atoms in total. The molecule has 1 amide bonds. The van der Waals surface area contributed by atoms with Crippen molar-refractivity contribution in [3.8, 4) is 10.6 Å². The second kappa shape index (κ2) is 6.54. The van der Waals surface area contributed by atoms with Crippen LogP contribution in [0.4, 0.5) is 0 Å². The Bertz CT molecular complexity index is 643. The molecule has 3 heterocycles. The number of hydrogen-bond donors (Lipinski definition) is 1. The number of likely N-dealkylation sites (tertiary alicyclic amines) is 1. The Morgan fingerprint density at radius 3 is 3.09 bits per heavy atom. The molecule has 2 aromatic heterocycles. The van der Waals surface area contributed by atoms with E-state index in [0.717, 1.165) is 29.2 Å². The van der Waals surface area contributed by atoms with E-state index in [-0.39, 0.29) is 11.9 Å².